The highest BCUT2D eigenvalue weighted by Gasteiger charge is 2.16. The molecule has 4 rings (SSSR count). The largest absolute Gasteiger partial charge is 0.495 e. The zero-order valence-electron chi connectivity index (χ0n) is 16.0. The van der Waals surface area contributed by atoms with Crippen molar-refractivity contribution in [2.75, 3.05) is 12.4 Å². The van der Waals surface area contributed by atoms with Crippen molar-refractivity contribution in [1.82, 2.24) is 0 Å². The van der Waals surface area contributed by atoms with E-state index in [0.717, 1.165) is 11.1 Å². The first-order chi connectivity index (χ1) is 14.6. The number of aliphatic hydroxyl groups is 1. The van der Waals surface area contributed by atoms with Crippen LogP contribution in [0.25, 0.3) is 22.6 Å². The number of rotatable bonds is 6. The topological polar surface area (TPSA) is 84.8 Å². The number of furan rings is 2. The van der Waals surface area contributed by atoms with Crippen molar-refractivity contribution in [2.24, 2.45) is 0 Å². The summed E-state index contributed by atoms with van der Waals surface area (Å²) in [6.07, 6.45) is 0. The predicted molar refractivity (Wildman–Crippen MR) is 114 cm³/mol. The summed E-state index contributed by atoms with van der Waals surface area (Å²) in [5, 5.41) is 12.6. The van der Waals surface area contributed by atoms with E-state index in [1.165, 1.54) is 7.11 Å². The Balaban J connectivity index is 1.58. The van der Waals surface area contributed by atoms with E-state index in [2.05, 4.69) is 5.32 Å². The SMILES string of the molecule is COc1ccc(-c2ccc(CO)o2)cc1NC(=O)c1ccc(-c2ccc(Cl)cc2)o1. The van der Waals surface area contributed by atoms with Crippen LogP contribution in [0.3, 0.4) is 0 Å². The maximum atomic E-state index is 12.7. The van der Waals surface area contributed by atoms with E-state index in [0.29, 0.717) is 33.7 Å². The zero-order chi connectivity index (χ0) is 21.1. The molecule has 0 saturated heterocycles. The van der Waals surface area contributed by atoms with Gasteiger partial charge >= 0.3 is 0 Å². The first-order valence-electron chi connectivity index (χ1n) is 9.12. The number of nitrogens with one attached hydrogen (secondary N) is 1. The van der Waals surface area contributed by atoms with Crippen LogP contribution in [0.15, 0.2) is 75.6 Å². The Bertz CT molecular complexity index is 1180. The van der Waals surface area contributed by atoms with Gasteiger partial charge in [-0.15, -0.1) is 0 Å². The third-order valence-corrected chi connectivity index (χ3v) is 4.76. The molecule has 6 nitrogen and oxygen atoms in total. The van der Waals surface area contributed by atoms with Gasteiger partial charge in [0.1, 0.15) is 29.6 Å². The molecule has 30 heavy (non-hydrogen) atoms. The molecule has 0 radical (unpaired) electrons. The van der Waals surface area contributed by atoms with Gasteiger partial charge in [-0.25, -0.2) is 0 Å². The summed E-state index contributed by atoms with van der Waals surface area (Å²) in [4.78, 5) is 12.7. The number of benzene rings is 2. The van der Waals surface area contributed by atoms with E-state index in [9.17, 15) is 9.90 Å². The Hall–Kier alpha value is -3.48. The predicted octanol–water partition coefficient (Wildman–Crippen LogP) is 5.61. The smallest absolute Gasteiger partial charge is 0.291 e. The molecule has 0 aliphatic rings. The third kappa shape index (κ3) is 4.10. The summed E-state index contributed by atoms with van der Waals surface area (Å²) < 4.78 is 16.6. The van der Waals surface area contributed by atoms with Crippen molar-refractivity contribution < 1.29 is 23.5 Å². The molecule has 2 aromatic heterocycles. The van der Waals surface area contributed by atoms with E-state index in [-0.39, 0.29) is 12.4 Å². The number of hydrogen-bond acceptors (Lipinski definition) is 5. The molecular weight excluding hydrogens is 406 g/mol. The van der Waals surface area contributed by atoms with Crippen molar-refractivity contribution in [3.8, 4) is 28.4 Å². The quantitative estimate of drug-likeness (QED) is 0.421. The number of carbonyl (C=O) groups excluding carboxylic acids is 1. The van der Waals surface area contributed by atoms with Crippen LogP contribution < -0.4 is 10.1 Å². The average Bonchev–Trinajstić information content (AvgIpc) is 3.44. The van der Waals surface area contributed by atoms with Crippen LogP contribution in [0, 0.1) is 0 Å². The summed E-state index contributed by atoms with van der Waals surface area (Å²) in [5.41, 5.74) is 2.01. The molecule has 2 N–H and O–H groups in total. The van der Waals surface area contributed by atoms with Crippen molar-refractivity contribution >= 4 is 23.2 Å². The molecule has 0 saturated carbocycles. The second-order valence-corrected chi connectivity index (χ2v) is 6.90. The first kappa shape index (κ1) is 19.8. The number of amides is 1. The highest BCUT2D eigenvalue weighted by molar-refractivity contribution is 6.30. The number of carbonyl (C=O) groups is 1. The fourth-order valence-electron chi connectivity index (χ4n) is 2.99. The van der Waals surface area contributed by atoms with Gasteiger partial charge in [0.05, 0.1) is 12.8 Å². The van der Waals surface area contributed by atoms with Gasteiger partial charge in [-0.3, -0.25) is 4.79 Å². The Morgan fingerprint density at radius 1 is 0.967 bits per heavy atom. The molecule has 0 atom stereocenters. The Labute approximate surface area is 177 Å². The Morgan fingerprint density at radius 2 is 1.67 bits per heavy atom. The summed E-state index contributed by atoms with van der Waals surface area (Å²) in [6, 6.07) is 19.2. The molecule has 2 aromatic carbocycles. The molecule has 0 fully saturated rings. The summed E-state index contributed by atoms with van der Waals surface area (Å²) in [7, 11) is 1.52. The number of anilines is 1. The molecule has 0 aliphatic carbocycles. The van der Waals surface area contributed by atoms with Crippen LogP contribution in [-0.2, 0) is 6.61 Å². The molecule has 152 valence electrons. The molecule has 4 aromatic rings. The fourth-order valence-corrected chi connectivity index (χ4v) is 3.12. The first-order valence-corrected chi connectivity index (χ1v) is 9.50. The van der Waals surface area contributed by atoms with Gasteiger partial charge in [0, 0.05) is 16.1 Å². The van der Waals surface area contributed by atoms with E-state index < -0.39 is 5.91 Å². The maximum absolute atomic E-state index is 12.7. The second-order valence-electron chi connectivity index (χ2n) is 6.46. The standard InChI is InChI=1S/C23H18ClNO5/c1-28-21-8-4-15(20-9-7-17(13-26)29-20)12-18(21)25-23(27)22-11-10-19(30-22)14-2-5-16(24)6-3-14/h2-12,26H,13H2,1H3,(H,25,27). The van der Waals surface area contributed by atoms with E-state index in [4.69, 9.17) is 25.2 Å². The van der Waals surface area contributed by atoms with Crippen LogP contribution in [0.4, 0.5) is 5.69 Å². The van der Waals surface area contributed by atoms with Crippen molar-refractivity contribution in [1.29, 1.82) is 0 Å². The number of halogens is 1. The molecule has 1 amide bonds. The molecule has 0 unspecified atom stereocenters. The average molecular weight is 424 g/mol. The van der Waals surface area contributed by atoms with Crippen molar-refractivity contribution in [3.05, 3.63) is 83.3 Å². The normalized spacial score (nSPS) is 10.8. The Kier molecular flexibility index (Phi) is 5.61. The van der Waals surface area contributed by atoms with Crippen LogP contribution in [-0.4, -0.2) is 18.1 Å². The van der Waals surface area contributed by atoms with Gasteiger partial charge < -0.3 is 24.0 Å². The van der Waals surface area contributed by atoms with Crippen LogP contribution >= 0.6 is 11.6 Å². The summed E-state index contributed by atoms with van der Waals surface area (Å²) >= 11 is 5.91. The number of aliphatic hydroxyl groups excluding tert-OH is 1. The molecule has 7 heteroatoms. The van der Waals surface area contributed by atoms with E-state index in [1.54, 1.807) is 54.6 Å². The number of ether oxygens (including phenoxy) is 1. The number of hydrogen-bond donors (Lipinski definition) is 2. The van der Waals surface area contributed by atoms with Gasteiger partial charge in [-0.2, -0.15) is 0 Å². The number of methoxy groups -OCH3 is 1. The Morgan fingerprint density at radius 3 is 2.37 bits per heavy atom. The molecule has 0 spiro atoms. The van der Waals surface area contributed by atoms with E-state index in [1.807, 2.05) is 12.1 Å². The van der Waals surface area contributed by atoms with Gasteiger partial charge in [-0.1, -0.05) is 11.6 Å². The van der Waals surface area contributed by atoms with Crippen molar-refractivity contribution in [3.63, 3.8) is 0 Å². The lowest BCUT2D eigenvalue weighted by Crippen LogP contribution is -2.11. The highest BCUT2D eigenvalue weighted by atomic mass is 35.5. The lowest BCUT2D eigenvalue weighted by atomic mass is 10.1. The fraction of sp³-hybridized carbons (Fsp3) is 0.0870. The lowest BCUT2D eigenvalue weighted by Gasteiger charge is -2.11. The highest BCUT2D eigenvalue weighted by Crippen LogP contribution is 2.32. The minimum atomic E-state index is -0.416. The van der Waals surface area contributed by atoms with Gasteiger partial charge in [-0.05, 0) is 66.7 Å². The second kappa shape index (κ2) is 8.49. The van der Waals surface area contributed by atoms with Gasteiger partial charge in [0.15, 0.2) is 5.76 Å². The maximum Gasteiger partial charge on any atom is 0.291 e. The minimum absolute atomic E-state index is 0.160. The molecular formula is C23H18ClNO5. The van der Waals surface area contributed by atoms with Gasteiger partial charge in [0.2, 0.25) is 0 Å². The third-order valence-electron chi connectivity index (χ3n) is 4.51. The minimum Gasteiger partial charge on any atom is -0.495 e. The summed E-state index contributed by atoms with van der Waals surface area (Å²) in [5.74, 6) is 1.82. The molecule has 2 heterocycles. The van der Waals surface area contributed by atoms with Gasteiger partial charge in [0.25, 0.3) is 5.91 Å². The lowest BCUT2D eigenvalue weighted by molar-refractivity contribution is 0.0997. The van der Waals surface area contributed by atoms with Crippen LogP contribution in [0.5, 0.6) is 5.75 Å². The van der Waals surface area contributed by atoms with Crippen LogP contribution in [0.2, 0.25) is 5.02 Å². The zero-order valence-corrected chi connectivity index (χ0v) is 16.8. The monoisotopic (exact) mass is 423 g/mol. The van der Waals surface area contributed by atoms with Crippen molar-refractivity contribution in [2.45, 2.75) is 6.61 Å². The molecule has 0 bridgehead atoms. The van der Waals surface area contributed by atoms with Crippen LogP contribution in [0.1, 0.15) is 16.3 Å². The van der Waals surface area contributed by atoms with E-state index >= 15 is 0 Å². The molecule has 0 aliphatic heterocycles. The summed E-state index contributed by atoms with van der Waals surface area (Å²) in [6.45, 7) is -0.186.